The van der Waals surface area contributed by atoms with Gasteiger partial charge in [-0.05, 0) is 32.9 Å². The molecule has 0 radical (unpaired) electrons. The van der Waals surface area contributed by atoms with Gasteiger partial charge in [0.25, 0.3) is 5.91 Å². The number of rotatable bonds is 6. The minimum atomic E-state index is -0.146. The Balaban J connectivity index is 1.56. The number of amides is 1. The van der Waals surface area contributed by atoms with Gasteiger partial charge in [-0.2, -0.15) is 5.10 Å². The molecular formula is C17H20N6O2. The number of nitrogens with zero attached hydrogens (tertiary/aromatic N) is 4. The lowest BCUT2D eigenvalue weighted by atomic mass is 10.2. The standard InChI is InChI=1S/C17H20N6O2/c1-11-9-14(12(2)25-11)17(24)19-7-6-18-15-10-16(22-13(3)21-15)23-8-4-5-20-23/h4-5,8-10H,6-7H2,1-3H3,(H,19,24)(H,18,21,22). The highest BCUT2D eigenvalue weighted by molar-refractivity contribution is 5.95. The molecule has 1 amide bonds. The quantitative estimate of drug-likeness (QED) is 0.666. The zero-order valence-corrected chi connectivity index (χ0v) is 14.4. The summed E-state index contributed by atoms with van der Waals surface area (Å²) < 4.78 is 7.04. The summed E-state index contributed by atoms with van der Waals surface area (Å²) in [4.78, 5) is 20.8. The van der Waals surface area contributed by atoms with E-state index in [4.69, 9.17) is 4.42 Å². The van der Waals surface area contributed by atoms with E-state index in [1.54, 1.807) is 23.9 Å². The molecule has 25 heavy (non-hydrogen) atoms. The summed E-state index contributed by atoms with van der Waals surface area (Å²) in [5, 5.41) is 10.2. The molecule has 3 aromatic rings. The minimum Gasteiger partial charge on any atom is -0.466 e. The minimum absolute atomic E-state index is 0.146. The second kappa shape index (κ2) is 7.16. The van der Waals surface area contributed by atoms with Crippen LogP contribution in [0.4, 0.5) is 5.82 Å². The molecule has 0 saturated carbocycles. The van der Waals surface area contributed by atoms with E-state index in [9.17, 15) is 4.79 Å². The number of aryl methyl sites for hydroxylation is 3. The van der Waals surface area contributed by atoms with E-state index in [0.717, 1.165) is 5.76 Å². The molecular weight excluding hydrogens is 320 g/mol. The van der Waals surface area contributed by atoms with E-state index in [2.05, 4.69) is 25.7 Å². The monoisotopic (exact) mass is 340 g/mol. The van der Waals surface area contributed by atoms with Crippen molar-refractivity contribution < 1.29 is 9.21 Å². The summed E-state index contributed by atoms with van der Waals surface area (Å²) in [5.74, 6) is 3.22. The topological polar surface area (TPSA) is 97.9 Å². The highest BCUT2D eigenvalue weighted by Crippen LogP contribution is 2.13. The van der Waals surface area contributed by atoms with Gasteiger partial charge in [0, 0.05) is 31.5 Å². The molecule has 0 aliphatic carbocycles. The average Bonchev–Trinajstić information content (AvgIpc) is 3.20. The molecule has 0 fully saturated rings. The highest BCUT2D eigenvalue weighted by atomic mass is 16.3. The fraction of sp³-hybridized carbons (Fsp3) is 0.294. The van der Waals surface area contributed by atoms with Crippen molar-refractivity contribution in [2.24, 2.45) is 0 Å². The van der Waals surface area contributed by atoms with Gasteiger partial charge >= 0.3 is 0 Å². The Bertz CT molecular complexity index is 869. The molecule has 3 aromatic heterocycles. The van der Waals surface area contributed by atoms with Crippen molar-refractivity contribution in [3.05, 3.63) is 53.5 Å². The van der Waals surface area contributed by atoms with Crippen molar-refractivity contribution in [3.63, 3.8) is 0 Å². The number of hydrogen-bond acceptors (Lipinski definition) is 6. The molecule has 0 aliphatic heterocycles. The van der Waals surface area contributed by atoms with Gasteiger partial charge in [0.1, 0.15) is 23.2 Å². The number of carbonyl (C=O) groups excluding carboxylic acids is 1. The molecule has 0 aliphatic rings. The molecule has 3 heterocycles. The van der Waals surface area contributed by atoms with Crippen LogP contribution in [0.1, 0.15) is 27.7 Å². The smallest absolute Gasteiger partial charge is 0.254 e. The van der Waals surface area contributed by atoms with E-state index < -0.39 is 0 Å². The van der Waals surface area contributed by atoms with E-state index in [1.165, 1.54) is 0 Å². The summed E-state index contributed by atoms with van der Waals surface area (Å²) in [6.45, 7) is 6.42. The second-order valence-electron chi connectivity index (χ2n) is 5.62. The Morgan fingerprint density at radius 1 is 1.20 bits per heavy atom. The van der Waals surface area contributed by atoms with E-state index >= 15 is 0 Å². The Morgan fingerprint density at radius 3 is 2.72 bits per heavy atom. The van der Waals surface area contributed by atoms with Crippen LogP contribution in [0.5, 0.6) is 0 Å². The number of furan rings is 1. The molecule has 3 rings (SSSR count). The predicted molar refractivity (Wildman–Crippen MR) is 92.9 cm³/mol. The van der Waals surface area contributed by atoms with Crippen LogP contribution < -0.4 is 10.6 Å². The average molecular weight is 340 g/mol. The third-order valence-electron chi connectivity index (χ3n) is 3.57. The lowest BCUT2D eigenvalue weighted by molar-refractivity contribution is 0.0953. The first-order chi connectivity index (χ1) is 12.0. The molecule has 8 nitrogen and oxygen atoms in total. The van der Waals surface area contributed by atoms with Crippen LogP contribution in [-0.4, -0.2) is 38.7 Å². The Labute approximate surface area is 145 Å². The summed E-state index contributed by atoms with van der Waals surface area (Å²) in [5.41, 5.74) is 0.566. The zero-order chi connectivity index (χ0) is 17.8. The van der Waals surface area contributed by atoms with Gasteiger partial charge in [0.05, 0.1) is 5.56 Å². The molecule has 0 unspecified atom stereocenters. The second-order valence-corrected chi connectivity index (χ2v) is 5.62. The number of hydrogen-bond donors (Lipinski definition) is 2. The van der Waals surface area contributed by atoms with Crippen LogP contribution in [-0.2, 0) is 0 Å². The highest BCUT2D eigenvalue weighted by Gasteiger charge is 2.12. The van der Waals surface area contributed by atoms with Gasteiger partial charge in [0.15, 0.2) is 5.82 Å². The van der Waals surface area contributed by atoms with E-state index in [-0.39, 0.29) is 5.91 Å². The van der Waals surface area contributed by atoms with Gasteiger partial charge < -0.3 is 15.1 Å². The molecule has 0 saturated heterocycles. The SMILES string of the molecule is Cc1nc(NCCNC(=O)c2cc(C)oc2C)cc(-n2cccn2)n1. The van der Waals surface area contributed by atoms with Gasteiger partial charge in [-0.1, -0.05) is 0 Å². The van der Waals surface area contributed by atoms with Crippen molar-refractivity contribution in [3.8, 4) is 5.82 Å². The van der Waals surface area contributed by atoms with Crippen molar-refractivity contribution >= 4 is 11.7 Å². The van der Waals surface area contributed by atoms with E-state index in [0.29, 0.717) is 41.9 Å². The molecule has 0 atom stereocenters. The van der Waals surface area contributed by atoms with Gasteiger partial charge in [-0.15, -0.1) is 0 Å². The Morgan fingerprint density at radius 2 is 2.04 bits per heavy atom. The van der Waals surface area contributed by atoms with Crippen LogP contribution in [0.25, 0.3) is 5.82 Å². The van der Waals surface area contributed by atoms with Crippen molar-refractivity contribution in [2.45, 2.75) is 20.8 Å². The third kappa shape index (κ3) is 4.03. The first-order valence-corrected chi connectivity index (χ1v) is 7.98. The normalized spacial score (nSPS) is 10.7. The van der Waals surface area contributed by atoms with Gasteiger partial charge in [-0.25, -0.2) is 14.6 Å². The summed E-state index contributed by atoms with van der Waals surface area (Å²) in [6, 6.07) is 5.38. The Kier molecular flexibility index (Phi) is 4.78. The summed E-state index contributed by atoms with van der Waals surface area (Å²) in [6.07, 6.45) is 3.51. The molecule has 0 aromatic carbocycles. The molecule has 8 heteroatoms. The van der Waals surface area contributed by atoms with Crippen molar-refractivity contribution in [1.29, 1.82) is 0 Å². The molecule has 130 valence electrons. The van der Waals surface area contributed by atoms with Crippen LogP contribution >= 0.6 is 0 Å². The third-order valence-corrected chi connectivity index (χ3v) is 3.57. The Hall–Kier alpha value is -3.16. The number of nitrogens with one attached hydrogen (secondary N) is 2. The van der Waals surface area contributed by atoms with Gasteiger partial charge in [0.2, 0.25) is 0 Å². The maximum absolute atomic E-state index is 12.1. The maximum atomic E-state index is 12.1. The lowest BCUT2D eigenvalue weighted by Gasteiger charge is -2.09. The largest absolute Gasteiger partial charge is 0.466 e. The fourth-order valence-corrected chi connectivity index (χ4v) is 2.48. The number of anilines is 1. The molecule has 0 spiro atoms. The van der Waals surface area contributed by atoms with Crippen LogP contribution in [0, 0.1) is 20.8 Å². The number of carbonyl (C=O) groups is 1. The first kappa shape index (κ1) is 16.7. The van der Waals surface area contributed by atoms with Crippen LogP contribution in [0.3, 0.4) is 0 Å². The summed E-state index contributed by atoms with van der Waals surface area (Å²) >= 11 is 0. The van der Waals surface area contributed by atoms with Crippen molar-refractivity contribution in [2.75, 3.05) is 18.4 Å². The zero-order valence-electron chi connectivity index (χ0n) is 14.4. The predicted octanol–water partition coefficient (Wildman–Crippen LogP) is 2.02. The van der Waals surface area contributed by atoms with Crippen molar-refractivity contribution in [1.82, 2.24) is 25.1 Å². The van der Waals surface area contributed by atoms with Gasteiger partial charge in [-0.3, -0.25) is 4.79 Å². The van der Waals surface area contributed by atoms with Crippen LogP contribution in [0.15, 0.2) is 35.0 Å². The maximum Gasteiger partial charge on any atom is 0.254 e. The molecule has 0 bridgehead atoms. The van der Waals surface area contributed by atoms with E-state index in [1.807, 2.05) is 32.2 Å². The van der Waals surface area contributed by atoms with Crippen LogP contribution in [0.2, 0.25) is 0 Å². The first-order valence-electron chi connectivity index (χ1n) is 7.98. The lowest BCUT2D eigenvalue weighted by Crippen LogP contribution is -2.29. The fourth-order valence-electron chi connectivity index (χ4n) is 2.48. The summed E-state index contributed by atoms with van der Waals surface area (Å²) in [7, 11) is 0. The number of aromatic nitrogens is 4. The molecule has 2 N–H and O–H groups in total.